The second-order valence-electron chi connectivity index (χ2n) is 6.89. The first-order valence-corrected chi connectivity index (χ1v) is 8.88. The monoisotopic (exact) mass is 349 g/mol. The molecule has 0 spiro atoms. The van der Waals surface area contributed by atoms with Gasteiger partial charge in [-0.2, -0.15) is 0 Å². The Labute approximate surface area is 156 Å². The number of furan rings is 1. The summed E-state index contributed by atoms with van der Waals surface area (Å²) < 4.78 is 8.46. The van der Waals surface area contributed by atoms with Gasteiger partial charge in [0.05, 0.1) is 17.5 Å². The summed E-state index contributed by atoms with van der Waals surface area (Å²) in [6.07, 6.45) is 2.09. The van der Waals surface area contributed by atoms with Gasteiger partial charge < -0.3 is 4.42 Å². The Bertz CT molecular complexity index is 1400. The van der Waals surface area contributed by atoms with Crippen molar-refractivity contribution < 1.29 is 8.98 Å². The molecule has 5 aromatic rings. The maximum Gasteiger partial charge on any atom is 0.224 e. The fraction of sp³-hybridized carbons (Fsp3) is 0.0833. The van der Waals surface area contributed by atoms with Crippen LogP contribution in [0.1, 0.15) is 5.56 Å². The Balaban J connectivity index is 1.96. The van der Waals surface area contributed by atoms with Gasteiger partial charge in [-0.1, -0.05) is 36.4 Å². The first-order valence-electron chi connectivity index (χ1n) is 8.88. The number of pyridine rings is 1. The summed E-state index contributed by atoms with van der Waals surface area (Å²) in [7, 11) is 2.07. The summed E-state index contributed by atoms with van der Waals surface area (Å²) in [5.74, 6) is 0. The summed E-state index contributed by atoms with van der Waals surface area (Å²) in [6.45, 7) is 9.42. The van der Waals surface area contributed by atoms with Crippen molar-refractivity contribution in [2.45, 2.75) is 6.92 Å². The number of rotatable bonds is 1. The van der Waals surface area contributed by atoms with Crippen LogP contribution in [0.5, 0.6) is 0 Å². The molecule has 0 saturated heterocycles. The molecule has 3 heteroatoms. The number of hydrogen-bond acceptors (Lipinski definition) is 1. The number of nitrogens with zero attached hydrogens (tertiary/aromatic N) is 2. The Morgan fingerprint density at radius 2 is 1.78 bits per heavy atom. The maximum atomic E-state index is 7.30. The van der Waals surface area contributed by atoms with E-state index in [1.165, 1.54) is 16.3 Å². The Morgan fingerprint density at radius 1 is 0.926 bits per heavy atom. The molecule has 0 saturated carbocycles. The number of aryl methyl sites for hydroxylation is 2. The minimum absolute atomic E-state index is 0.628. The number of aromatic nitrogens is 1. The topological polar surface area (TPSA) is 21.4 Å². The van der Waals surface area contributed by atoms with Crippen molar-refractivity contribution >= 4 is 38.4 Å². The van der Waals surface area contributed by atoms with Crippen LogP contribution < -0.4 is 4.57 Å². The third-order valence-corrected chi connectivity index (χ3v) is 5.24. The van der Waals surface area contributed by atoms with Gasteiger partial charge in [0.15, 0.2) is 11.9 Å². The quantitative estimate of drug-likeness (QED) is 0.265. The van der Waals surface area contributed by atoms with Gasteiger partial charge in [0.2, 0.25) is 5.69 Å². The largest absolute Gasteiger partial charge is 0.455 e. The molecule has 128 valence electrons. The van der Waals surface area contributed by atoms with Gasteiger partial charge >= 0.3 is 0 Å². The van der Waals surface area contributed by atoms with Gasteiger partial charge in [0.25, 0.3) is 0 Å². The van der Waals surface area contributed by atoms with Crippen LogP contribution in [0.2, 0.25) is 0 Å². The highest BCUT2D eigenvalue weighted by Gasteiger charge is 2.23. The first kappa shape index (κ1) is 15.6. The van der Waals surface area contributed by atoms with Gasteiger partial charge in [-0.05, 0) is 36.1 Å². The van der Waals surface area contributed by atoms with E-state index in [0.717, 1.165) is 33.2 Å². The lowest BCUT2D eigenvalue weighted by atomic mass is 9.97. The molecular weight excluding hydrogens is 332 g/mol. The van der Waals surface area contributed by atoms with Crippen molar-refractivity contribution in [1.29, 1.82) is 0 Å². The van der Waals surface area contributed by atoms with Gasteiger partial charge in [-0.25, -0.2) is 9.41 Å². The molecule has 0 radical (unpaired) electrons. The molecule has 2 aromatic heterocycles. The van der Waals surface area contributed by atoms with Crippen LogP contribution in [0.3, 0.4) is 0 Å². The van der Waals surface area contributed by atoms with Crippen LogP contribution >= 0.6 is 0 Å². The highest BCUT2D eigenvalue weighted by atomic mass is 16.3. The summed E-state index contributed by atoms with van der Waals surface area (Å²) in [5, 5.41) is 4.43. The van der Waals surface area contributed by atoms with Crippen molar-refractivity contribution in [3.63, 3.8) is 0 Å². The average Bonchev–Trinajstić information content (AvgIpc) is 3.06. The highest BCUT2D eigenvalue weighted by molar-refractivity contribution is 6.12. The minimum atomic E-state index is 0.628. The van der Waals surface area contributed by atoms with Crippen LogP contribution in [-0.2, 0) is 7.05 Å². The average molecular weight is 349 g/mol. The molecule has 27 heavy (non-hydrogen) atoms. The Morgan fingerprint density at radius 3 is 2.63 bits per heavy atom. The van der Waals surface area contributed by atoms with Gasteiger partial charge in [-0.15, -0.1) is 0 Å². The van der Waals surface area contributed by atoms with Crippen molar-refractivity contribution in [1.82, 2.24) is 0 Å². The van der Waals surface area contributed by atoms with Crippen molar-refractivity contribution in [3.8, 4) is 11.3 Å². The predicted molar refractivity (Wildman–Crippen MR) is 109 cm³/mol. The van der Waals surface area contributed by atoms with E-state index in [9.17, 15) is 0 Å². The number of benzene rings is 3. The fourth-order valence-corrected chi connectivity index (χ4v) is 3.92. The molecule has 3 aromatic carbocycles. The normalized spacial score (nSPS) is 11.3. The summed E-state index contributed by atoms with van der Waals surface area (Å²) in [5.41, 5.74) is 5.72. The molecule has 2 heterocycles. The third kappa shape index (κ3) is 2.24. The van der Waals surface area contributed by atoms with Gasteiger partial charge in [0.1, 0.15) is 18.2 Å². The van der Waals surface area contributed by atoms with Crippen LogP contribution in [0, 0.1) is 13.5 Å². The molecule has 0 unspecified atom stereocenters. The molecule has 3 nitrogen and oxygen atoms in total. The lowest BCUT2D eigenvalue weighted by Gasteiger charge is -2.08. The van der Waals surface area contributed by atoms with Crippen molar-refractivity contribution in [2.75, 3.05) is 0 Å². The van der Waals surface area contributed by atoms with Crippen LogP contribution in [-0.4, -0.2) is 0 Å². The second kappa shape index (κ2) is 5.69. The fourth-order valence-electron chi connectivity index (χ4n) is 3.92. The molecule has 0 fully saturated rings. The molecule has 0 aliphatic heterocycles. The van der Waals surface area contributed by atoms with E-state index >= 15 is 0 Å². The summed E-state index contributed by atoms with van der Waals surface area (Å²) >= 11 is 0. The third-order valence-electron chi connectivity index (χ3n) is 5.24. The molecule has 5 rings (SSSR count). The number of fused-ring (bicyclic) bond motifs is 4. The minimum Gasteiger partial charge on any atom is -0.455 e. The van der Waals surface area contributed by atoms with Gasteiger partial charge in [0, 0.05) is 16.8 Å². The number of hydrogen-bond donors (Lipinski definition) is 0. The Kier molecular flexibility index (Phi) is 3.29. The molecule has 0 atom stereocenters. The standard InChI is InChI=1S/C24H17N2O/c1-15-8-10-19-20-14-17(25-2)9-11-21(20)27-24(19)22(15)23-18-7-5-4-6-16(18)12-13-26(23)3/h4-14H,1,3H3/q+1. The van der Waals surface area contributed by atoms with E-state index in [4.69, 9.17) is 11.0 Å². The summed E-state index contributed by atoms with van der Waals surface area (Å²) in [4.78, 5) is 3.56. The lowest BCUT2D eigenvalue weighted by Crippen LogP contribution is -2.30. The zero-order valence-corrected chi connectivity index (χ0v) is 15.2. The van der Waals surface area contributed by atoms with Crippen molar-refractivity contribution in [3.05, 3.63) is 83.8 Å². The van der Waals surface area contributed by atoms with Gasteiger partial charge in [-0.3, -0.25) is 0 Å². The summed E-state index contributed by atoms with van der Waals surface area (Å²) in [6, 6.07) is 20.4. The first-order chi connectivity index (χ1) is 13.2. The molecule has 0 amide bonds. The van der Waals surface area contributed by atoms with Crippen LogP contribution in [0.4, 0.5) is 5.69 Å². The zero-order valence-electron chi connectivity index (χ0n) is 15.2. The van der Waals surface area contributed by atoms with E-state index in [2.05, 4.69) is 72.0 Å². The lowest BCUT2D eigenvalue weighted by molar-refractivity contribution is -0.659. The van der Waals surface area contributed by atoms with E-state index in [0.29, 0.717) is 5.69 Å². The van der Waals surface area contributed by atoms with E-state index in [1.807, 2.05) is 18.2 Å². The van der Waals surface area contributed by atoms with E-state index < -0.39 is 0 Å². The zero-order chi connectivity index (χ0) is 18.5. The molecule has 0 N–H and O–H groups in total. The van der Waals surface area contributed by atoms with Crippen LogP contribution in [0.25, 0.3) is 48.8 Å². The van der Waals surface area contributed by atoms with Crippen molar-refractivity contribution in [2.24, 2.45) is 7.05 Å². The second-order valence-corrected chi connectivity index (χ2v) is 6.89. The molecular formula is C24H17N2O+. The molecule has 0 aliphatic carbocycles. The SMILES string of the molecule is [C-]#[N+]c1ccc2oc3c(-c4c5ccccc5cc[n+]4C)c(C)ccc3c2c1. The smallest absolute Gasteiger partial charge is 0.224 e. The van der Waals surface area contributed by atoms with E-state index in [1.54, 1.807) is 0 Å². The molecule has 0 bridgehead atoms. The predicted octanol–water partition coefficient (Wildman–Crippen LogP) is 6.09. The van der Waals surface area contributed by atoms with E-state index in [-0.39, 0.29) is 0 Å². The molecule has 0 aliphatic rings. The maximum absolute atomic E-state index is 7.30. The highest BCUT2D eigenvalue weighted by Crippen LogP contribution is 2.39. The Hall–Kier alpha value is -3.64. The van der Waals surface area contributed by atoms with Crippen LogP contribution in [0.15, 0.2) is 71.3 Å².